The summed E-state index contributed by atoms with van der Waals surface area (Å²) in [7, 11) is 0. The zero-order chi connectivity index (χ0) is 16.8. The number of hydrogen-bond donors (Lipinski definition) is 0. The van der Waals surface area contributed by atoms with Crippen molar-refractivity contribution in [2.24, 2.45) is 0 Å². The van der Waals surface area contributed by atoms with Gasteiger partial charge >= 0.3 is 5.97 Å². The van der Waals surface area contributed by atoms with Crippen molar-refractivity contribution in [2.45, 2.75) is 58.1 Å². The van der Waals surface area contributed by atoms with Gasteiger partial charge < -0.3 is 4.74 Å². The van der Waals surface area contributed by atoms with Crippen molar-refractivity contribution in [1.29, 1.82) is 0 Å². The van der Waals surface area contributed by atoms with Crippen molar-refractivity contribution in [3.8, 4) is 0 Å². The number of rotatable bonds is 2. The number of ether oxygens (including phenoxy) is 1. The van der Waals surface area contributed by atoms with Crippen LogP contribution in [0.1, 0.15) is 53.2 Å². The number of ketones is 1. The SMILES string of the molecule is Cc1c(C(=O)O[C@@H]2CCCCC2=O)sc2nc3n(c(=O)c12)CCC3. The molecule has 0 unspecified atom stereocenters. The molecule has 1 fully saturated rings. The van der Waals surface area contributed by atoms with E-state index in [1.807, 2.05) is 0 Å². The Bertz CT molecular complexity index is 911. The summed E-state index contributed by atoms with van der Waals surface area (Å²) in [5.74, 6) is 0.266. The van der Waals surface area contributed by atoms with Crippen LogP contribution in [0.3, 0.4) is 0 Å². The number of hydrogen-bond acceptors (Lipinski definition) is 6. The molecular weight excluding hydrogens is 328 g/mol. The van der Waals surface area contributed by atoms with Crippen LogP contribution in [-0.2, 0) is 22.5 Å². The largest absolute Gasteiger partial charge is 0.450 e. The fourth-order valence-corrected chi connectivity index (χ4v) is 4.60. The van der Waals surface area contributed by atoms with Crippen molar-refractivity contribution in [1.82, 2.24) is 9.55 Å². The van der Waals surface area contributed by atoms with Crippen LogP contribution in [0.5, 0.6) is 0 Å². The van der Waals surface area contributed by atoms with E-state index in [0.717, 1.165) is 31.5 Å². The lowest BCUT2D eigenvalue weighted by atomic mass is 9.96. The zero-order valence-corrected chi connectivity index (χ0v) is 14.3. The maximum Gasteiger partial charge on any atom is 0.349 e. The van der Waals surface area contributed by atoms with Gasteiger partial charge in [0.15, 0.2) is 11.9 Å². The summed E-state index contributed by atoms with van der Waals surface area (Å²) in [5.41, 5.74) is 0.539. The summed E-state index contributed by atoms with van der Waals surface area (Å²) in [6.45, 7) is 2.44. The van der Waals surface area contributed by atoms with Crippen LogP contribution in [0.15, 0.2) is 4.79 Å². The van der Waals surface area contributed by atoms with E-state index in [1.165, 1.54) is 11.3 Å². The van der Waals surface area contributed by atoms with Crippen molar-refractivity contribution in [3.63, 3.8) is 0 Å². The maximum absolute atomic E-state index is 12.6. The van der Waals surface area contributed by atoms with Gasteiger partial charge in [-0.25, -0.2) is 9.78 Å². The summed E-state index contributed by atoms with van der Waals surface area (Å²) >= 11 is 1.19. The van der Waals surface area contributed by atoms with Gasteiger partial charge in [0.05, 0.1) is 5.39 Å². The highest BCUT2D eigenvalue weighted by atomic mass is 32.1. The number of carbonyl (C=O) groups excluding carboxylic acids is 2. The van der Waals surface area contributed by atoms with E-state index in [1.54, 1.807) is 11.5 Å². The van der Waals surface area contributed by atoms with Crippen LogP contribution in [0.4, 0.5) is 0 Å². The second kappa shape index (κ2) is 5.81. The van der Waals surface area contributed by atoms with Gasteiger partial charge in [-0.2, -0.15) is 0 Å². The molecule has 3 heterocycles. The molecule has 126 valence electrons. The van der Waals surface area contributed by atoms with E-state index in [0.29, 0.717) is 40.0 Å². The predicted octanol–water partition coefficient (Wildman–Crippen LogP) is 2.38. The lowest BCUT2D eigenvalue weighted by molar-refractivity contribution is -0.129. The van der Waals surface area contributed by atoms with Crippen molar-refractivity contribution < 1.29 is 14.3 Å². The van der Waals surface area contributed by atoms with Gasteiger partial charge in [0.25, 0.3) is 5.56 Å². The maximum atomic E-state index is 12.6. The third-order valence-corrected chi connectivity index (χ3v) is 6.01. The molecule has 4 rings (SSSR count). The molecule has 0 saturated heterocycles. The average Bonchev–Trinajstić information content (AvgIpc) is 3.15. The molecule has 1 saturated carbocycles. The van der Waals surface area contributed by atoms with Gasteiger partial charge in [-0.05, 0) is 38.2 Å². The Balaban J connectivity index is 1.71. The molecule has 1 aliphatic heterocycles. The van der Waals surface area contributed by atoms with Gasteiger partial charge in [-0.1, -0.05) is 0 Å². The predicted molar refractivity (Wildman–Crippen MR) is 89.6 cm³/mol. The van der Waals surface area contributed by atoms with E-state index in [-0.39, 0.29) is 11.3 Å². The first kappa shape index (κ1) is 15.5. The Morgan fingerprint density at radius 3 is 2.88 bits per heavy atom. The lowest BCUT2D eigenvalue weighted by Gasteiger charge is -2.20. The van der Waals surface area contributed by atoms with Crippen molar-refractivity contribution in [2.75, 3.05) is 0 Å². The monoisotopic (exact) mass is 346 g/mol. The smallest absolute Gasteiger partial charge is 0.349 e. The Labute approximate surface area is 142 Å². The third kappa shape index (κ3) is 2.38. The molecule has 2 aromatic heterocycles. The molecule has 0 spiro atoms. The van der Waals surface area contributed by atoms with Crippen LogP contribution in [0.25, 0.3) is 10.2 Å². The molecule has 24 heavy (non-hydrogen) atoms. The van der Waals surface area contributed by atoms with E-state index in [2.05, 4.69) is 4.98 Å². The van der Waals surface area contributed by atoms with Crippen LogP contribution in [0, 0.1) is 6.92 Å². The molecular formula is C17H18N2O4S. The van der Waals surface area contributed by atoms with E-state index in [4.69, 9.17) is 4.74 Å². The average molecular weight is 346 g/mol. The standard InChI is InChI=1S/C17H18N2O4S/c1-9-13-15(18-12-7-4-8-19(12)16(13)21)24-14(9)17(22)23-11-6-3-2-5-10(11)20/h11H,2-8H2,1H3/t11-/m1/s1. The number of carbonyl (C=O) groups is 2. The third-order valence-electron chi connectivity index (χ3n) is 4.84. The minimum atomic E-state index is -0.644. The summed E-state index contributed by atoms with van der Waals surface area (Å²) in [5, 5.41) is 0.507. The Morgan fingerprint density at radius 2 is 2.08 bits per heavy atom. The molecule has 1 atom stereocenters. The normalized spacial score (nSPS) is 20.4. The van der Waals surface area contributed by atoms with Gasteiger partial charge in [0, 0.05) is 19.4 Å². The lowest BCUT2D eigenvalue weighted by Crippen LogP contribution is -2.30. The number of nitrogens with zero attached hydrogens (tertiary/aromatic N) is 2. The molecule has 0 amide bonds. The molecule has 7 heteroatoms. The summed E-state index contributed by atoms with van der Waals surface area (Å²) in [6.07, 6.45) is 3.89. The zero-order valence-electron chi connectivity index (χ0n) is 13.5. The second-order valence-electron chi connectivity index (χ2n) is 6.43. The first-order valence-electron chi connectivity index (χ1n) is 8.33. The fourth-order valence-electron chi connectivity index (χ4n) is 3.53. The molecule has 0 bridgehead atoms. The van der Waals surface area contributed by atoms with Crippen molar-refractivity contribution in [3.05, 3.63) is 26.6 Å². The second-order valence-corrected chi connectivity index (χ2v) is 7.43. The first-order chi connectivity index (χ1) is 11.6. The summed E-state index contributed by atoms with van der Waals surface area (Å²) in [6, 6.07) is 0. The number of esters is 1. The quantitative estimate of drug-likeness (QED) is 0.780. The van der Waals surface area contributed by atoms with E-state index in [9.17, 15) is 14.4 Å². The molecule has 0 N–H and O–H groups in total. The van der Waals surface area contributed by atoms with Crippen LogP contribution < -0.4 is 5.56 Å². The first-order valence-corrected chi connectivity index (χ1v) is 9.14. The number of fused-ring (bicyclic) bond motifs is 2. The Hall–Kier alpha value is -2.02. The highest BCUT2D eigenvalue weighted by Gasteiger charge is 2.29. The summed E-state index contributed by atoms with van der Waals surface area (Å²) < 4.78 is 7.12. The Morgan fingerprint density at radius 1 is 1.25 bits per heavy atom. The molecule has 2 aromatic rings. The van der Waals surface area contributed by atoms with Gasteiger partial charge in [-0.3, -0.25) is 14.2 Å². The fraction of sp³-hybridized carbons (Fsp3) is 0.529. The minimum Gasteiger partial charge on any atom is -0.450 e. The summed E-state index contributed by atoms with van der Waals surface area (Å²) in [4.78, 5) is 42.5. The highest BCUT2D eigenvalue weighted by Crippen LogP contribution is 2.30. The highest BCUT2D eigenvalue weighted by molar-refractivity contribution is 7.20. The molecule has 1 aliphatic carbocycles. The van der Waals surface area contributed by atoms with Gasteiger partial charge in [0.1, 0.15) is 15.5 Å². The number of thiophene rings is 1. The van der Waals surface area contributed by atoms with Gasteiger partial charge in [0.2, 0.25) is 0 Å². The number of aromatic nitrogens is 2. The van der Waals surface area contributed by atoms with Gasteiger partial charge in [-0.15, -0.1) is 11.3 Å². The van der Waals surface area contributed by atoms with Crippen LogP contribution in [0.2, 0.25) is 0 Å². The number of Topliss-reactive ketones (excluding diaryl/α,β-unsaturated/α-hetero) is 1. The minimum absolute atomic E-state index is 0.00876. The molecule has 0 aromatic carbocycles. The van der Waals surface area contributed by atoms with E-state index < -0.39 is 12.1 Å². The molecule has 6 nitrogen and oxygen atoms in total. The van der Waals surface area contributed by atoms with Crippen LogP contribution in [-0.4, -0.2) is 27.4 Å². The number of aryl methyl sites for hydroxylation is 2. The van der Waals surface area contributed by atoms with E-state index >= 15 is 0 Å². The molecule has 0 radical (unpaired) electrons. The Kier molecular flexibility index (Phi) is 3.75. The van der Waals surface area contributed by atoms with Crippen molar-refractivity contribution >= 4 is 33.3 Å². The molecule has 2 aliphatic rings. The topological polar surface area (TPSA) is 78.3 Å². The van der Waals surface area contributed by atoms with Crippen LogP contribution >= 0.6 is 11.3 Å².